The summed E-state index contributed by atoms with van der Waals surface area (Å²) < 4.78 is 27.0. The molecular formula is C15H16N2O4S. The van der Waals surface area contributed by atoms with Crippen LogP contribution in [0.3, 0.4) is 0 Å². The minimum atomic E-state index is -3.69. The Morgan fingerprint density at radius 3 is 2.18 bits per heavy atom. The Morgan fingerprint density at radius 1 is 1.05 bits per heavy atom. The number of carbonyl (C=O) groups is 1. The van der Waals surface area contributed by atoms with Crippen molar-refractivity contribution >= 4 is 21.6 Å². The van der Waals surface area contributed by atoms with E-state index in [1.807, 2.05) is 0 Å². The summed E-state index contributed by atoms with van der Waals surface area (Å²) in [6.45, 7) is 0. The first kappa shape index (κ1) is 16.0. The molecule has 116 valence electrons. The summed E-state index contributed by atoms with van der Waals surface area (Å²) in [5.41, 5.74) is 0.810. The van der Waals surface area contributed by atoms with Gasteiger partial charge in [-0.3, -0.25) is 14.4 Å². The molecule has 0 aliphatic rings. The van der Waals surface area contributed by atoms with Gasteiger partial charge >= 0.3 is 0 Å². The van der Waals surface area contributed by atoms with E-state index in [2.05, 4.69) is 4.72 Å². The standard InChI is InChI=1S/C15H16N2O4S/c1-17(21-2)15(18)12-8-10-14(11-9-12)22(19,20)16-13-6-4-3-5-7-13/h3-11,16H,1-2H3. The Bertz CT molecular complexity index is 743. The van der Waals surface area contributed by atoms with Crippen LogP contribution in [0.2, 0.25) is 0 Å². The minimum Gasteiger partial charge on any atom is -0.280 e. The first-order valence-electron chi connectivity index (χ1n) is 6.44. The molecule has 6 nitrogen and oxygen atoms in total. The highest BCUT2D eigenvalue weighted by Gasteiger charge is 2.16. The fourth-order valence-corrected chi connectivity index (χ4v) is 2.82. The number of rotatable bonds is 5. The van der Waals surface area contributed by atoms with Crippen molar-refractivity contribution in [3.05, 3.63) is 60.2 Å². The lowest BCUT2D eigenvalue weighted by Gasteiger charge is -2.14. The molecule has 2 aromatic carbocycles. The van der Waals surface area contributed by atoms with E-state index >= 15 is 0 Å². The summed E-state index contributed by atoms with van der Waals surface area (Å²) >= 11 is 0. The second-order valence-corrected chi connectivity index (χ2v) is 6.16. The largest absolute Gasteiger partial charge is 0.280 e. The molecule has 0 fully saturated rings. The van der Waals surface area contributed by atoms with Crippen molar-refractivity contribution in [2.24, 2.45) is 0 Å². The zero-order valence-corrected chi connectivity index (χ0v) is 13.0. The van der Waals surface area contributed by atoms with Gasteiger partial charge in [-0.05, 0) is 36.4 Å². The second-order valence-electron chi connectivity index (χ2n) is 4.48. The Kier molecular flexibility index (Phi) is 4.79. The SMILES string of the molecule is CON(C)C(=O)c1ccc(S(=O)(=O)Nc2ccccc2)cc1. The molecule has 0 atom stereocenters. The van der Waals surface area contributed by atoms with Crippen molar-refractivity contribution in [2.45, 2.75) is 4.90 Å². The third kappa shape index (κ3) is 3.63. The van der Waals surface area contributed by atoms with Crippen LogP contribution in [0.1, 0.15) is 10.4 Å². The molecule has 1 amide bonds. The van der Waals surface area contributed by atoms with Crippen LogP contribution in [0.15, 0.2) is 59.5 Å². The molecule has 0 saturated carbocycles. The van der Waals surface area contributed by atoms with E-state index < -0.39 is 10.0 Å². The number of sulfonamides is 1. The van der Waals surface area contributed by atoms with Gasteiger partial charge in [0.2, 0.25) is 0 Å². The predicted molar refractivity (Wildman–Crippen MR) is 82.8 cm³/mol. The van der Waals surface area contributed by atoms with Gasteiger partial charge in [-0.1, -0.05) is 18.2 Å². The van der Waals surface area contributed by atoms with Gasteiger partial charge in [0.1, 0.15) is 0 Å². The van der Waals surface area contributed by atoms with Crippen LogP contribution < -0.4 is 4.72 Å². The molecule has 0 radical (unpaired) electrons. The molecule has 0 bridgehead atoms. The Balaban J connectivity index is 2.21. The molecule has 0 unspecified atom stereocenters. The molecule has 7 heteroatoms. The molecule has 22 heavy (non-hydrogen) atoms. The molecule has 2 aromatic rings. The van der Waals surface area contributed by atoms with Crippen molar-refractivity contribution in [3.8, 4) is 0 Å². The monoisotopic (exact) mass is 320 g/mol. The normalized spacial score (nSPS) is 11.0. The quantitative estimate of drug-likeness (QED) is 0.856. The van der Waals surface area contributed by atoms with E-state index in [0.717, 1.165) is 5.06 Å². The Hall–Kier alpha value is -2.38. The number of nitrogens with zero attached hydrogens (tertiary/aromatic N) is 1. The fraction of sp³-hybridized carbons (Fsp3) is 0.133. The third-order valence-electron chi connectivity index (χ3n) is 3.00. The van der Waals surface area contributed by atoms with Crippen molar-refractivity contribution in [1.29, 1.82) is 0 Å². The van der Waals surface area contributed by atoms with Crippen LogP contribution >= 0.6 is 0 Å². The number of hydrogen-bond acceptors (Lipinski definition) is 4. The predicted octanol–water partition coefficient (Wildman–Crippen LogP) is 2.12. The topological polar surface area (TPSA) is 75.7 Å². The van der Waals surface area contributed by atoms with Gasteiger partial charge in [-0.2, -0.15) is 0 Å². The summed E-state index contributed by atoms with van der Waals surface area (Å²) in [4.78, 5) is 16.7. The van der Waals surface area contributed by atoms with Crippen LogP contribution in [0.5, 0.6) is 0 Å². The third-order valence-corrected chi connectivity index (χ3v) is 4.39. The van der Waals surface area contributed by atoms with Crippen molar-refractivity contribution < 1.29 is 18.0 Å². The lowest BCUT2D eigenvalue weighted by molar-refractivity contribution is -0.0757. The van der Waals surface area contributed by atoms with Crippen molar-refractivity contribution in [3.63, 3.8) is 0 Å². The van der Waals surface area contributed by atoms with Gasteiger partial charge in [0.25, 0.3) is 15.9 Å². The summed E-state index contributed by atoms with van der Waals surface area (Å²) in [6.07, 6.45) is 0. The molecule has 0 aliphatic carbocycles. The molecule has 0 saturated heterocycles. The maximum atomic E-state index is 12.2. The summed E-state index contributed by atoms with van der Waals surface area (Å²) in [5, 5.41) is 1.06. The van der Waals surface area contributed by atoms with Crippen molar-refractivity contribution in [2.75, 3.05) is 18.9 Å². The molecule has 0 aromatic heterocycles. The van der Waals surface area contributed by atoms with Crippen LogP contribution in [0, 0.1) is 0 Å². The van der Waals surface area contributed by atoms with E-state index in [1.165, 1.54) is 38.4 Å². The number of hydrogen-bond donors (Lipinski definition) is 1. The number of benzene rings is 2. The number of nitrogens with one attached hydrogen (secondary N) is 1. The molecule has 0 aliphatic heterocycles. The Morgan fingerprint density at radius 2 is 1.64 bits per heavy atom. The van der Waals surface area contributed by atoms with E-state index in [-0.39, 0.29) is 10.8 Å². The zero-order valence-electron chi connectivity index (χ0n) is 12.2. The number of amides is 1. The number of hydroxylamine groups is 2. The molecule has 0 spiro atoms. The van der Waals surface area contributed by atoms with Gasteiger partial charge in [0, 0.05) is 18.3 Å². The maximum absolute atomic E-state index is 12.2. The zero-order chi connectivity index (χ0) is 16.2. The maximum Gasteiger partial charge on any atom is 0.277 e. The minimum absolute atomic E-state index is 0.0768. The van der Waals surface area contributed by atoms with E-state index in [0.29, 0.717) is 11.3 Å². The lowest BCUT2D eigenvalue weighted by atomic mass is 10.2. The number of carbonyl (C=O) groups excluding carboxylic acids is 1. The van der Waals surface area contributed by atoms with Gasteiger partial charge in [-0.25, -0.2) is 13.5 Å². The smallest absolute Gasteiger partial charge is 0.277 e. The first-order valence-corrected chi connectivity index (χ1v) is 7.92. The van der Waals surface area contributed by atoms with Gasteiger partial charge in [-0.15, -0.1) is 0 Å². The summed E-state index contributed by atoms with van der Waals surface area (Å²) in [5.74, 6) is -0.359. The molecule has 1 N–H and O–H groups in total. The molecule has 0 heterocycles. The van der Waals surface area contributed by atoms with Crippen LogP contribution in [-0.4, -0.2) is 33.5 Å². The lowest BCUT2D eigenvalue weighted by Crippen LogP contribution is -2.25. The van der Waals surface area contributed by atoms with Crippen LogP contribution in [-0.2, 0) is 14.9 Å². The van der Waals surface area contributed by atoms with E-state index in [4.69, 9.17) is 4.84 Å². The average molecular weight is 320 g/mol. The highest BCUT2D eigenvalue weighted by atomic mass is 32.2. The number of anilines is 1. The average Bonchev–Trinajstić information content (AvgIpc) is 2.54. The molecule has 2 rings (SSSR count). The Labute approximate surface area is 129 Å². The highest BCUT2D eigenvalue weighted by Crippen LogP contribution is 2.16. The number of para-hydroxylation sites is 1. The second kappa shape index (κ2) is 6.59. The van der Waals surface area contributed by atoms with Crippen LogP contribution in [0.25, 0.3) is 0 Å². The summed E-state index contributed by atoms with van der Waals surface area (Å²) in [6, 6.07) is 14.2. The molecular weight excluding hydrogens is 304 g/mol. The van der Waals surface area contributed by atoms with Gasteiger partial charge in [0.15, 0.2) is 0 Å². The van der Waals surface area contributed by atoms with Crippen molar-refractivity contribution in [1.82, 2.24) is 5.06 Å². The first-order chi connectivity index (χ1) is 10.4. The highest BCUT2D eigenvalue weighted by molar-refractivity contribution is 7.92. The van der Waals surface area contributed by atoms with Gasteiger partial charge in [0.05, 0.1) is 12.0 Å². The summed E-state index contributed by atoms with van der Waals surface area (Å²) in [7, 11) is -0.836. The van der Waals surface area contributed by atoms with Gasteiger partial charge < -0.3 is 0 Å². The van der Waals surface area contributed by atoms with Crippen LogP contribution in [0.4, 0.5) is 5.69 Å². The van der Waals surface area contributed by atoms with E-state index in [1.54, 1.807) is 30.3 Å². The van der Waals surface area contributed by atoms with E-state index in [9.17, 15) is 13.2 Å². The fourth-order valence-electron chi connectivity index (χ4n) is 1.76.